The van der Waals surface area contributed by atoms with Crippen molar-refractivity contribution in [2.45, 2.75) is 58.5 Å². The van der Waals surface area contributed by atoms with Crippen LogP contribution >= 0.6 is 24.0 Å². The maximum absolute atomic E-state index is 4.87. The van der Waals surface area contributed by atoms with Gasteiger partial charge in [-0.2, -0.15) is 5.10 Å². The number of halogens is 1. The summed E-state index contributed by atoms with van der Waals surface area (Å²) in [5.41, 5.74) is 1.69. The third-order valence-corrected chi connectivity index (χ3v) is 5.18. The third kappa shape index (κ3) is 7.06. The minimum atomic E-state index is 0. The molecule has 0 radical (unpaired) electrons. The van der Waals surface area contributed by atoms with Gasteiger partial charge in [0, 0.05) is 31.4 Å². The van der Waals surface area contributed by atoms with Crippen LogP contribution in [0.25, 0.3) is 0 Å². The predicted octanol–water partition coefficient (Wildman–Crippen LogP) is 3.16. The van der Waals surface area contributed by atoms with E-state index in [9.17, 15) is 0 Å². The number of nitrogens with one attached hydrogen (secondary N) is 2. The van der Waals surface area contributed by atoms with Crippen molar-refractivity contribution in [3.8, 4) is 0 Å². The van der Waals surface area contributed by atoms with Crippen molar-refractivity contribution in [3.05, 3.63) is 18.0 Å². The Morgan fingerprint density at radius 2 is 2.04 bits per heavy atom. The molecule has 1 atom stereocenters. The molecule has 1 heterocycles. The highest BCUT2D eigenvalue weighted by Crippen LogP contribution is 2.34. The fourth-order valence-corrected chi connectivity index (χ4v) is 3.41. The highest BCUT2D eigenvalue weighted by atomic mass is 127. The first-order valence-electron chi connectivity index (χ1n) is 9.50. The van der Waals surface area contributed by atoms with Crippen molar-refractivity contribution >= 4 is 29.9 Å². The van der Waals surface area contributed by atoms with E-state index in [1.807, 2.05) is 17.9 Å². The lowest BCUT2D eigenvalue weighted by molar-refractivity contribution is 0.216. The third-order valence-electron chi connectivity index (χ3n) is 5.18. The lowest BCUT2D eigenvalue weighted by Gasteiger charge is -2.35. The van der Waals surface area contributed by atoms with Crippen LogP contribution in [0.4, 0.5) is 0 Å². The molecule has 1 aromatic heterocycles. The van der Waals surface area contributed by atoms with Crippen molar-refractivity contribution in [1.29, 1.82) is 0 Å². The van der Waals surface area contributed by atoms with Gasteiger partial charge in [-0.15, -0.1) is 24.0 Å². The quantitative estimate of drug-likeness (QED) is 0.376. The predicted molar refractivity (Wildman–Crippen MR) is 120 cm³/mol. The van der Waals surface area contributed by atoms with Gasteiger partial charge in [0.1, 0.15) is 0 Å². The molecule has 0 saturated heterocycles. The highest BCUT2D eigenvalue weighted by Gasteiger charge is 2.27. The van der Waals surface area contributed by atoms with Gasteiger partial charge in [-0.05, 0) is 52.1 Å². The molecule has 6 nitrogen and oxygen atoms in total. The van der Waals surface area contributed by atoms with Crippen LogP contribution in [0.15, 0.2) is 17.4 Å². The van der Waals surface area contributed by atoms with Gasteiger partial charge >= 0.3 is 0 Å². The van der Waals surface area contributed by atoms with Gasteiger partial charge < -0.3 is 15.5 Å². The van der Waals surface area contributed by atoms with Gasteiger partial charge in [0.2, 0.25) is 0 Å². The lowest BCUT2D eigenvalue weighted by atomic mass is 9.75. The number of rotatable bonds is 6. The Kier molecular flexibility index (Phi) is 9.36. The monoisotopic (exact) mass is 476 g/mol. The number of hydrogen-bond donors (Lipinski definition) is 2. The van der Waals surface area contributed by atoms with Crippen molar-refractivity contribution in [1.82, 2.24) is 25.3 Å². The Morgan fingerprint density at radius 3 is 2.54 bits per heavy atom. The van der Waals surface area contributed by atoms with Gasteiger partial charge in [-0.1, -0.05) is 13.8 Å². The lowest BCUT2D eigenvalue weighted by Crippen LogP contribution is -2.46. The summed E-state index contributed by atoms with van der Waals surface area (Å²) in [6.07, 6.45) is 9.00. The minimum Gasteiger partial charge on any atom is -0.357 e. The zero-order valence-corrected chi connectivity index (χ0v) is 19.6. The number of aromatic nitrogens is 2. The number of nitrogens with zero attached hydrogens (tertiary/aromatic N) is 4. The van der Waals surface area contributed by atoms with E-state index in [0.29, 0.717) is 18.0 Å². The molecular formula is C19H37IN6. The Hall–Kier alpha value is -0.830. The number of likely N-dealkylation sites (N-methyl/N-ethyl adjacent to an activating group) is 1. The van der Waals surface area contributed by atoms with E-state index >= 15 is 0 Å². The van der Waals surface area contributed by atoms with E-state index in [2.05, 4.69) is 61.7 Å². The van der Waals surface area contributed by atoms with Crippen LogP contribution in [-0.2, 0) is 7.05 Å². The smallest absolute Gasteiger partial charge is 0.191 e. The molecule has 2 N–H and O–H groups in total. The second-order valence-corrected chi connectivity index (χ2v) is 8.23. The molecule has 1 unspecified atom stereocenters. The molecule has 0 spiro atoms. The molecule has 7 heteroatoms. The molecule has 0 aliphatic heterocycles. The van der Waals surface area contributed by atoms with Gasteiger partial charge in [0.15, 0.2) is 5.96 Å². The number of aryl methyl sites for hydroxylation is 1. The van der Waals surface area contributed by atoms with Crippen LogP contribution in [-0.4, -0.2) is 53.9 Å². The summed E-state index contributed by atoms with van der Waals surface area (Å²) in [5, 5.41) is 11.3. The summed E-state index contributed by atoms with van der Waals surface area (Å²) in [7, 11) is 6.14. The molecule has 0 amide bonds. The molecule has 26 heavy (non-hydrogen) atoms. The Labute approximate surface area is 176 Å². The summed E-state index contributed by atoms with van der Waals surface area (Å²) in [4.78, 5) is 7.07. The van der Waals surface area contributed by atoms with Crippen molar-refractivity contribution < 1.29 is 0 Å². The average molecular weight is 476 g/mol. The van der Waals surface area contributed by atoms with Crippen LogP contribution in [0, 0.1) is 5.41 Å². The van der Waals surface area contributed by atoms with E-state index in [4.69, 9.17) is 4.99 Å². The summed E-state index contributed by atoms with van der Waals surface area (Å²) in [6.45, 7) is 8.46. The van der Waals surface area contributed by atoms with Gasteiger partial charge in [-0.25, -0.2) is 0 Å². The van der Waals surface area contributed by atoms with Crippen LogP contribution in [0.1, 0.15) is 58.1 Å². The molecule has 1 saturated carbocycles. The van der Waals surface area contributed by atoms with E-state index in [1.165, 1.54) is 31.2 Å². The summed E-state index contributed by atoms with van der Waals surface area (Å²) < 4.78 is 1.85. The van der Waals surface area contributed by atoms with Gasteiger partial charge in [-0.3, -0.25) is 9.67 Å². The Bertz CT molecular complexity index is 556. The molecule has 0 aromatic carbocycles. The van der Waals surface area contributed by atoms with Crippen molar-refractivity contribution in [2.75, 3.05) is 27.2 Å². The molecule has 150 valence electrons. The number of guanidine groups is 1. The SMILES string of the molecule is CCNC(=NCC(c1cnn(C)c1)N(C)C)NC1CCC(C)(C)CC1.I. The topological polar surface area (TPSA) is 57.5 Å². The molecule has 1 aliphatic carbocycles. The fraction of sp³-hybridized carbons (Fsp3) is 0.789. The Morgan fingerprint density at radius 1 is 1.38 bits per heavy atom. The van der Waals surface area contributed by atoms with Crippen LogP contribution in [0.5, 0.6) is 0 Å². The summed E-state index contributed by atoms with van der Waals surface area (Å²) in [5.74, 6) is 0.933. The normalized spacial score (nSPS) is 19.1. The van der Waals surface area contributed by atoms with E-state index < -0.39 is 0 Å². The van der Waals surface area contributed by atoms with Gasteiger partial charge in [0.25, 0.3) is 0 Å². The number of aliphatic imine (C=N–C) groups is 1. The van der Waals surface area contributed by atoms with Crippen molar-refractivity contribution in [2.24, 2.45) is 17.5 Å². The van der Waals surface area contributed by atoms with Crippen molar-refractivity contribution in [3.63, 3.8) is 0 Å². The molecular weight excluding hydrogens is 439 g/mol. The zero-order chi connectivity index (χ0) is 18.4. The van der Waals surface area contributed by atoms with E-state index in [1.54, 1.807) is 0 Å². The minimum absolute atomic E-state index is 0. The molecule has 1 aliphatic rings. The summed E-state index contributed by atoms with van der Waals surface area (Å²) in [6, 6.07) is 0.761. The van der Waals surface area contributed by atoms with Crippen LogP contribution in [0.3, 0.4) is 0 Å². The average Bonchev–Trinajstić information content (AvgIpc) is 2.95. The first kappa shape index (κ1) is 23.2. The zero-order valence-electron chi connectivity index (χ0n) is 17.2. The van der Waals surface area contributed by atoms with Crippen LogP contribution < -0.4 is 10.6 Å². The molecule has 0 bridgehead atoms. The Balaban J connectivity index is 0.00000338. The fourth-order valence-electron chi connectivity index (χ4n) is 3.41. The second kappa shape index (κ2) is 10.5. The largest absolute Gasteiger partial charge is 0.357 e. The first-order chi connectivity index (χ1) is 11.8. The van der Waals surface area contributed by atoms with E-state index in [0.717, 1.165) is 12.5 Å². The second-order valence-electron chi connectivity index (χ2n) is 8.23. The maximum Gasteiger partial charge on any atom is 0.191 e. The van der Waals surface area contributed by atoms with Crippen LogP contribution in [0.2, 0.25) is 0 Å². The number of hydrogen-bond acceptors (Lipinski definition) is 3. The van der Waals surface area contributed by atoms with Gasteiger partial charge in [0.05, 0.1) is 18.8 Å². The molecule has 1 fully saturated rings. The molecule has 2 rings (SSSR count). The van der Waals surface area contributed by atoms with E-state index in [-0.39, 0.29) is 30.0 Å². The first-order valence-corrected chi connectivity index (χ1v) is 9.50. The summed E-state index contributed by atoms with van der Waals surface area (Å²) >= 11 is 0. The maximum atomic E-state index is 4.87. The standard InChI is InChI=1S/C19H36N6.HI/c1-7-20-18(23-16-8-10-19(2,3)11-9-16)21-13-17(24(4)5)15-12-22-25(6)14-15;/h12,14,16-17H,7-11,13H2,1-6H3,(H2,20,21,23);1H. The highest BCUT2D eigenvalue weighted by molar-refractivity contribution is 14.0. The molecule has 1 aromatic rings.